The van der Waals surface area contributed by atoms with Crippen LogP contribution in [0.3, 0.4) is 0 Å². The summed E-state index contributed by atoms with van der Waals surface area (Å²) in [5.74, 6) is 1.23. The first-order valence-corrected chi connectivity index (χ1v) is 7.07. The Morgan fingerprint density at radius 1 is 1.12 bits per heavy atom. The Hall–Kier alpha value is -0.470. The van der Waals surface area contributed by atoms with Crippen molar-refractivity contribution >= 4 is 11.8 Å². The fourth-order valence-electron chi connectivity index (χ4n) is 1.43. The summed E-state index contributed by atoms with van der Waals surface area (Å²) < 4.78 is 0. The van der Waals surface area contributed by atoms with Crippen molar-refractivity contribution in [2.45, 2.75) is 37.6 Å². The summed E-state index contributed by atoms with van der Waals surface area (Å²) in [5, 5.41) is 0. The van der Waals surface area contributed by atoms with Gasteiger partial charge in [0.1, 0.15) is 0 Å². The van der Waals surface area contributed by atoms with Crippen molar-refractivity contribution in [1.82, 2.24) is 4.90 Å². The molecule has 1 nitrogen and oxygen atoms in total. The molecule has 0 aliphatic carbocycles. The van der Waals surface area contributed by atoms with E-state index in [1.807, 2.05) is 11.8 Å². The molecule has 0 spiro atoms. The van der Waals surface area contributed by atoms with Crippen LogP contribution in [0.5, 0.6) is 0 Å². The van der Waals surface area contributed by atoms with Gasteiger partial charge in [0.2, 0.25) is 0 Å². The highest BCUT2D eigenvalue weighted by atomic mass is 32.2. The van der Waals surface area contributed by atoms with Gasteiger partial charge < -0.3 is 4.90 Å². The van der Waals surface area contributed by atoms with Gasteiger partial charge in [0, 0.05) is 10.9 Å². The van der Waals surface area contributed by atoms with Crippen LogP contribution in [0, 0.1) is 0 Å². The van der Waals surface area contributed by atoms with E-state index in [0.717, 1.165) is 0 Å². The molecule has 16 heavy (non-hydrogen) atoms. The maximum Gasteiger partial charge on any atom is 0.00719 e. The molecule has 0 amide bonds. The van der Waals surface area contributed by atoms with Crippen molar-refractivity contribution in [3.8, 4) is 0 Å². The van der Waals surface area contributed by atoms with E-state index in [1.165, 1.54) is 30.0 Å². The molecule has 0 aromatic heterocycles. The van der Waals surface area contributed by atoms with Crippen LogP contribution in [0.25, 0.3) is 0 Å². The summed E-state index contributed by atoms with van der Waals surface area (Å²) in [7, 11) is 2.20. The van der Waals surface area contributed by atoms with E-state index < -0.39 is 0 Å². The van der Waals surface area contributed by atoms with Crippen LogP contribution >= 0.6 is 11.8 Å². The monoisotopic (exact) mass is 237 g/mol. The summed E-state index contributed by atoms with van der Waals surface area (Å²) in [4.78, 5) is 3.80. The van der Waals surface area contributed by atoms with Gasteiger partial charge in [0.05, 0.1) is 0 Å². The lowest BCUT2D eigenvalue weighted by Gasteiger charge is -2.20. The van der Waals surface area contributed by atoms with Gasteiger partial charge in [-0.1, -0.05) is 18.2 Å². The third-order valence-corrected chi connectivity index (χ3v) is 3.90. The molecule has 0 saturated carbocycles. The van der Waals surface area contributed by atoms with Gasteiger partial charge in [-0.05, 0) is 58.2 Å². The maximum atomic E-state index is 2.41. The maximum absolute atomic E-state index is 2.41. The van der Waals surface area contributed by atoms with Gasteiger partial charge in [0.15, 0.2) is 0 Å². The smallest absolute Gasteiger partial charge is 0.00719 e. The fraction of sp³-hybridized carbons (Fsp3) is 0.571. The van der Waals surface area contributed by atoms with E-state index >= 15 is 0 Å². The molecule has 1 aromatic carbocycles. The largest absolute Gasteiger partial charge is 0.304 e. The highest BCUT2D eigenvalue weighted by Gasteiger charge is 2.01. The zero-order valence-electron chi connectivity index (χ0n) is 10.6. The van der Waals surface area contributed by atoms with E-state index in [2.05, 4.69) is 56.1 Å². The highest BCUT2D eigenvalue weighted by molar-refractivity contribution is 7.99. The quantitative estimate of drug-likeness (QED) is 0.523. The summed E-state index contributed by atoms with van der Waals surface area (Å²) in [5.41, 5.74) is 0. The van der Waals surface area contributed by atoms with E-state index in [-0.39, 0.29) is 0 Å². The Morgan fingerprint density at radius 3 is 2.44 bits per heavy atom. The Morgan fingerprint density at radius 2 is 1.81 bits per heavy atom. The molecular formula is C14H23NS. The minimum Gasteiger partial charge on any atom is -0.304 e. The summed E-state index contributed by atoms with van der Waals surface area (Å²) in [6, 6.07) is 11.3. The van der Waals surface area contributed by atoms with Crippen molar-refractivity contribution in [3.05, 3.63) is 30.3 Å². The molecule has 1 rings (SSSR count). The van der Waals surface area contributed by atoms with Crippen LogP contribution in [0.15, 0.2) is 35.2 Å². The molecule has 0 aliphatic rings. The van der Waals surface area contributed by atoms with E-state index in [4.69, 9.17) is 0 Å². The molecule has 2 heteroatoms. The van der Waals surface area contributed by atoms with Gasteiger partial charge >= 0.3 is 0 Å². The number of hydrogen-bond donors (Lipinski definition) is 0. The van der Waals surface area contributed by atoms with E-state index in [1.54, 1.807) is 0 Å². The standard InChI is InChI=1S/C14H23NS/c1-13(2)15(3)11-7-8-12-16-14-9-5-4-6-10-14/h4-6,9-10,13H,7-8,11-12H2,1-3H3. The summed E-state index contributed by atoms with van der Waals surface area (Å²) in [6.45, 7) is 5.71. The molecule has 0 bridgehead atoms. The van der Waals surface area contributed by atoms with Gasteiger partial charge in [-0.3, -0.25) is 0 Å². The lowest BCUT2D eigenvalue weighted by atomic mass is 10.3. The Labute approximate surface area is 104 Å². The van der Waals surface area contributed by atoms with Crippen molar-refractivity contribution in [3.63, 3.8) is 0 Å². The lowest BCUT2D eigenvalue weighted by molar-refractivity contribution is 0.270. The SMILES string of the molecule is CC(C)N(C)CCCCSc1ccccc1. The first-order valence-electron chi connectivity index (χ1n) is 6.08. The molecule has 0 aliphatic heterocycles. The topological polar surface area (TPSA) is 3.24 Å². The molecule has 0 radical (unpaired) electrons. The highest BCUT2D eigenvalue weighted by Crippen LogP contribution is 2.18. The van der Waals surface area contributed by atoms with Crippen molar-refractivity contribution in [2.75, 3.05) is 19.3 Å². The molecule has 0 heterocycles. The number of unbranched alkanes of at least 4 members (excludes halogenated alkanes) is 1. The molecule has 0 N–H and O–H groups in total. The van der Waals surface area contributed by atoms with Crippen LogP contribution in [0.1, 0.15) is 26.7 Å². The molecule has 0 saturated heterocycles. The zero-order valence-corrected chi connectivity index (χ0v) is 11.5. The van der Waals surface area contributed by atoms with Crippen molar-refractivity contribution < 1.29 is 0 Å². The predicted octanol–water partition coefficient (Wildman–Crippen LogP) is 3.90. The minimum absolute atomic E-state index is 0.668. The molecule has 0 atom stereocenters. The zero-order chi connectivity index (χ0) is 11.8. The third kappa shape index (κ3) is 5.57. The molecule has 1 aromatic rings. The van der Waals surface area contributed by atoms with Crippen LogP contribution in [-0.4, -0.2) is 30.3 Å². The van der Waals surface area contributed by atoms with Gasteiger partial charge in [-0.25, -0.2) is 0 Å². The second-order valence-corrected chi connectivity index (χ2v) is 5.61. The number of thioether (sulfide) groups is 1. The van der Waals surface area contributed by atoms with Gasteiger partial charge in [-0.2, -0.15) is 0 Å². The van der Waals surface area contributed by atoms with Gasteiger partial charge in [0.25, 0.3) is 0 Å². The molecule has 0 unspecified atom stereocenters. The summed E-state index contributed by atoms with van der Waals surface area (Å²) in [6.07, 6.45) is 2.60. The average molecular weight is 237 g/mol. The third-order valence-electron chi connectivity index (χ3n) is 2.80. The predicted molar refractivity (Wildman–Crippen MR) is 74.2 cm³/mol. The van der Waals surface area contributed by atoms with Crippen LogP contribution in [0.2, 0.25) is 0 Å². The van der Waals surface area contributed by atoms with Crippen LogP contribution in [-0.2, 0) is 0 Å². The van der Waals surface area contributed by atoms with Gasteiger partial charge in [-0.15, -0.1) is 11.8 Å². The Balaban J connectivity index is 2.04. The fourth-order valence-corrected chi connectivity index (χ4v) is 2.36. The molecule has 0 fully saturated rings. The Bertz CT molecular complexity index is 271. The molecular weight excluding hydrogens is 214 g/mol. The normalized spacial score (nSPS) is 11.3. The lowest BCUT2D eigenvalue weighted by Crippen LogP contribution is -2.27. The summed E-state index contributed by atoms with van der Waals surface area (Å²) >= 11 is 1.96. The minimum atomic E-state index is 0.668. The van der Waals surface area contributed by atoms with E-state index in [0.29, 0.717) is 6.04 Å². The van der Waals surface area contributed by atoms with E-state index in [9.17, 15) is 0 Å². The second kappa shape index (κ2) is 7.75. The molecule has 90 valence electrons. The number of hydrogen-bond acceptors (Lipinski definition) is 2. The van der Waals surface area contributed by atoms with Crippen molar-refractivity contribution in [2.24, 2.45) is 0 Å². The van der Waals surface area contributed by atoms with Crippen LogP contribution in [0.4, 0.5) is 0 Å². The first kappa shape index (κ1) is 13.6. The number of nitrogens with zero attached hydrogens (tertiary/aromatic N) is 1. The number of benzene rings is 1. The Kier molecular flexibility index (Phi) is 6.58. The number of rotatable bonds is 7. The first-order chi connectivity index (χ1) is 7.70. The second-order valence-electron chi connectivity index (χ2n) is 4.44. The van der Waals surface area contributed by atoms with Crippen LogP contribution < -0.4 is 0 Å². The average Bonchev–Trinajstić information content (AvgIpc) is 2.29. The van der Waals surface area contributed by atoms with Crippen molar-refractivity contribution in [1.29, 1.82) is 0 Å².